The molecule has 9 heteroatoms. The van der Waals surface area contributed by atoms with Gasteiger partial charge in [0, 0.05) is 17.8 Å². The van der Waals surface area contributed by atoms with Crippen LogP contribution in [-0.4, -0.2) is 30.9 Å². The van der Waals surface area contributed by atoms with Gasteiger partial charge in [0.25, 0.3) is 5.91 Å². The van der Waals surface area contributed by atoms with Crippen molar-refractivity contribution < 1.29 is 4.79 Å². The molecule has 150 valence electrons. The molecule has 2 N–H and O–H groups in total. The molecule has 0 bridgehead atoms. The van der Waals surface area contributed by atoms with Gasteiger partial charge in [0.05, 0.1) is 46.0 Å². The quantitative estimate of drug-likeness (QED) is 0.441. The van der Waals surface area contributed by atoms with E-state index in [-0.39, 0.29) is 5.91 Å². The molecule has 5 rings (SSSR count). The van der Waals surface area contributed by atoms with Gasteiger partial charge < -0.3 is 5.32 Å². The summed E-state index contributed by atoms with van der Waals surface area (Å²) < 4.78 is 1.70. The Bertz CT molecular complexity index is 1430. The number of rotatable bonds is 5. The highest BCUT2D eigenvalue weighted by molar-refractivity contribution is 7.13. The maximum absolute atomic E-state index is 12.8. The minimum Gasteiger partial charge on any atom is -0.318 e. The van der Waals surface area contributed by atoms with Crippen molar-refractivity contribution in [1.82, 2.24) is 25.0 Å². The number of thiazole rings is 1. The number of benzene rings is 2. The van der Waals surface area contributed by atoms with Crippen molar-refractivity contribution in [3.63, 3.8) is 0 Å². The maximum Gasteiger partial charge on any atom is 0.276 e. The molecule has 0 atom stereocenters. The van der Waals surface area contributed by atoms with Gasteiger partial charge in [-0.3, -0.25) is 19.6 Å². The molecular weight excluding hydrogens is 410 g/mol. The number of H-pyrrole nitrogens is 1. The Hall–Kier alpha value is -4.29. The summed E-state index contributed by atoms with van der Waals surface area (Å²) in [7, 11) is 0. The van der Waals surface area contributed by atoms with E-state index in [0.717, 1.165) is 26.9 Å². The summed E-state index contributed by atoms with van der Waals surface area (Å²) in [6.45, 7) is 0.497. The molecule has 0 aliphatic carbocycles. The molecule has 0 saturated carbocycles. The summed E-state index contributed by atoms with van der Waals surface area (Å²) in [5.41, 5.74) is 6.03. The largest absolute Gasteiger partial charge is 0.318 e. The van der Waals surface area contributed by atoms with E-state index in [1.165, 1.54) is 0 Å². The highest BCUT2D eigenvalue weighted by Crippen LogP contribution is 2.27. The van der Waals surface area contributed by atoms with Gasteiger partial charge in [-0.25, -0.2) is 0 Å². The second kappa shape index (κ2) is 7.85. The minimum absolute atomic E-state index is 0.317. The van der Waals surface area contributed by atoms with Gasteiger partial charge in [-0.15, -0.1) is 11.3 Å². The molecule has 0 fully saturated rings. The first-order valence-electron chi connectivity index (χ1n) is 9.39. The standard InChI is InChI=1S/C22H15N7OS/c23-8-14-2-1-3-15(6-14)11-29-12-17(9-25-29)26-22(30)21-18-5-4-16(7-19(18)27-28-21)20-10-24-13-31-20/h1-7,9-10,12-13H,11H2,(H,26,30)(H,27,28). The number of nitrogens with zero attached hydrogens (tertiary/aromatic N) is 5. The second-order valence-corrected chi connectivity index (χ2v) is 7.78. The van der Waals surface area contributed by atoms with Crippen LogP contribution in [0.25, 0.3) is 21.3 Å². The third kappa shape index (κ3) is 3.80. The van der Waals surface area contributed by atoms with Gasteiger partial charge in [0.2, 0.25) is 0 Å². The van der Waals surface area contributed by atoms with Crippen molar-refractivity contribution in [2.75, 3.05) is 5.32 Å². The van der Waals surface area contributed by atoms with E-state index < -0.39 is 0 Å². The van der Waals surface area contributed by atoms with Crippen molar-refractivity contribution in [1.29, 1.82) is 5.26 Å². The van der Waals surface area contributed by atoms with Gasteiger partial charge in [0.15, 0.2) is 5.69 Å². The number of hydrogen-bond donors (Lipinski definition) is 2. The zero-order chi connectivity index (χ0) is 21.2. The average molecular weight is 425 g/mol. The van der Waals surface area contributed by atoms with Crippen LogP contribution in [0, 0.1) is 11.3 Å². The molecule has 0 saturated heterocycles. The highest BCUT2D eigenvalue weighted by atomic mass is 32.1. The Balaban J connectivity index is 1.32. The van der Waals surface area contributed by atoms with Crippen LogP contribution in [0.2, 0.25) is 0 Å². The lowest BCUT2D eigenvalue weighted by Crippen LogP contribution is -2.12. The summed E-state index contributed by atoms with van der Waals surface area (Å²) in [5.74, 6) is -0.317. The summed E-state index contributed by atoms with van der Waals surface area (Å²) in [6, 6.07) is 15.3. The fourth-order valence-corrected chi connectivity index (χ4v) is 3.96. The molecular formula is C22H15N7OS. The first-order valence-corrected chi connectivity index (χ1v) is 10.3. The van der Waals surface area contributed by atoms with E-state index in [0.29, 0.717) is 23.5 Å². The molecule has 5 aromatic rings. The van der Waals surface area contributed by atoms with Crippen molar-refractivity contribution in [2.45, 2.75) is 6.54 Å². The number of anilines is 1. The predicted molar refractivity (Wildman–Crippen MR) is 118 cm³/mol. The number of carbonyl (C=O) groups is 1. The van der Waals surface area contributed by atoms with Crippen LogP contribution < -0.4 is 5.32 Å². The monoisotopic (exact) mass is 425 g/mol. The lowest BCUT2D eigenvalue weighted by Gasteiger charge is -2.02. The number of hydrogen-bond acceptors (Lipinski definition) is 6. The highest BCUT2D eigenvalue weighted by Gasteiger charge is 2.16. The van der Waals surface area contributed by atoms with E-state index in [2.05, 4.69) is 31.7 Å². The Morgan fingerprint density at radius 3 is 3.00 bits per heavy atom. The first-order chi connectivity index (χ1) is 15.2. The van der Waals surface area contributed by atoms with Crippen molar-refractivity contribution in [3.05, 3.63) is 83.4 Å². The second-order valence-electron chi connectivity index (χ2n) is 6.89. The first kappa shape index (κ1) is 18.7. The molecule has 2 aromatic carbocycles. The lowest BCUT2D eigenvalue weighted by atomic mass is 10.1. The van der Waals surface area contributed by atoms with E-state index >= 15 is 0 Å². The Morgan fingerprint density at radius 1 is 1.23 bits per heavy atom. The maximum atomic E-state index is 12.8. The number of amides is 1. The fourth-order valence-electron chi connectivity index (χ4n) is 3.34. The Labute approximate surface area is 180 Å². The van der Waals surface area contributed by atoms with Crippen LogP contribution in [-0.2, 0) is 6.54 Å². The van der Waals surface area contributed by atoms with Crippen LogP contribution in [0.15, 0.2) is 66.6 Å². The molecule has 8 nitrogen and oxygen atoms in total. The van der Waals surface area contributed by atoms with Crippen LogP contribution >= 0.6 is 11.3 Å². The number of carbonyl (C=O) groups excluding carboxylic acids is 1. The molecule has 31 heavy (non-hydrogen) atoms. The molecule has 0 unspecified atom stereocenters. The van der Waals surface area contributed by atoms with E-state index in [9.17, 15) is 4.79 Å². The van der Waals surface area contributed by atoms with Gasteiger partial charge in [-0.05, 0) is 35.4 Å². The third-order valence-corrected chi connectivity index (χ3v) is 5.61. The van der Waals surface area contributed by atoms with Gasteiger partial charge in [-0.2, -0.15) is 15.5 Å². The fraction of sp³-hybridized carbons (Fsp3) is 0.0455. The molecule has 0 aliphatic rings. The van der Waals surface area contributed by atoms with Crippen LogP contribution in [0.5, 0.6) is 0 Å². The van der Waals surface area contributed by atoms with E-state index in [1.54, 1.807) is 40.0 Å². The number of aromatic amines is 1. The van der Waals surface area contributed by atoms with Crippen molar-refractivity contribution in [2.24, 2.45) is 0 Å². The molecule has 0 radical (unpaired) electrons. The lowest BCUT2D eigenvalue weighted by molar-refractivity contribution is 0.102. The SMILES string of the molecule is N#Cc1cccc(Cn2cc(NC(=O)c3n[nH]c4cc(-c5cncs5)ccc34)cn2)c1. The van der Waals surface area contributed by atoms with Crippen LogP contribution in [0.4, 0.5) is 5.69 Å². The van der Waals surface area contributed by atoms with E-state index in [4.69, 9.17) is 5.26 Å². The summed E-state index contributed by atoms with van der Waals surface area (Å²) in [4.78, 5) is 17.9. The number of aromatic nitrogens is 5. The third-order valence-electron chi connectivity index (χ3n) is 4.79. The zero-order valence-corrected chi connectivity index (χ0v) is 16.9. The molecule has 0 spiro atoms. The Kier molecular flexibility index (Phi) is 4.74. The van der Waals surface area contributed by atoms with Gasteiger partial charge in [0.1, 0.15) is 0 Å². The van der Waals surface area contributed by atoms with Crippen LogP contribution in [0.3, 0.4) is 0 Å². The van der Waals surface area contributed by atoms with Crippen molar-refractivity contribution in [3.8, 4) is 16.5 Å². The molecule has 1 amide bonds. The number of fused-ring (bicyclic) bond motifs is 1. The van der Waals surface area contributed by atoms with Gasteiger partial charge >= 0.3 is 0 Å². The normalized spacial score (nSPS) is 10.8. The summed E-state index contributed by atoms with van der Waals surface area (Å²) in [5, 5.41) is 24.0. The summed E-state index contributed by atoms with van der Waals surface area (Å²) in [6.07, 6.45) is 5.14. The van der Waals surface area contributed by atoms with Gasteiger partial charge in [-0.1, -0.05) is 18.2 Å². The number of nitrogens with one attached hydrogen (secondary N) is 2. The summed E-state index contributed by atoms with van der Waals surface area (Å²) >= 11 is 1.55. The van der Waals surface area contributed by atoms with Crippen molar-refractivity contribution >= 4 is 33.8 Å². The zero-order valence-electron chi connectivity index (χ0n) is 16.1. The topological polar surface area (TPSA) is 112 Å². The molecule has 3 aromatic heterocycles. The molecule has 0 aliphatic heterocycles. The van der Waals surface area contributed by atoms with E-state index in [1.807, 2.05) is 42.6 Å². The Morgan fingerprint density at radius 2 is 2.16 bits per heavy atom. The smallest absolute Gasteiger partial charge is 0.276 e. The molecule has 3 heterocycles. The minimum atomic E-state index is -0.317. The average Bonchev–Trinajstić information content (AvgIpc) is 3.54. The predicted octanol–water partition coefficient (Wildman–Crippen LogP) is 4.06. The van der Waals surface area contributed by atoms with Crippen LogP contribution in [0.1, 0.15) is 21.6 Å². The number of nitriles is 1.